The number of anilines is 5. The van der Waals surface area contributed by atoms with Gasteiger partial charge in [0.15, 0.2) is 5.69 Å². The molecule has 10 heterocycles. The summed E-state index contributed by atoms with van der Waals surface area (Å²) in [4.78, 5) is 91.5. The number of rotatable bonds is 19. The van der Waals surface area contributed by atoms with Crippen molar-refractivity contribution in [3.05, 3.63) is 267 Å². The lowest BCUT2D eigenvalue weighted by Gasteiger charge is -2.21. The lowest BCUT2D eigenvalue weighted by Crippen LogP contribution is -2.29. The number of methoxy groups -OCH3 is 3. The predicted octanol–water partition coefficient (Wildman–Crippen LogP) is 17.2. The molecule has 0 aliphatic carbocycles. The molecule has 0 fully saturated rings. The number of carboxylic acids is 2. The third-order valence-corrected chi connectivity index (χ3v) is 22.7. The zero-order valence-corrected chi connectivity index (χ0v) is 75.5. The third kappa shape index (κ3) is 22.8. The molecule has 0 spiro atoms. The number of esters is 3. The quantitative estimate of drug-likeness (QED) is 0.0285. The van der Waals surface area contributed by atoms with Crippen molar-refractivity contribution >= 4 is 70.8 Å². The van der Waals surface area contributed by atoms with Crippen LogP contribution in [0.3, 0.4) is 0 Å². The Bertz CT molecular complexity index is 6370. The van der Waals surface area contributed by atoms with Crippen molar-refractivity contribution in [2.45, 2.75) is 171 Å². The number of alkyl halides is 15. The molecular formula is C92H94F15N17O12. The molecule has 0 saturated heterocycles. The number of amides is 2. The molecular weight excluding hydrogens is 1820 g/mol. The number of benzene rings is 6. The number of ether oxygens (including phenoxy) is 3. The van der Waals surface area contributed by atoms with Gasteiger partial charge in [-0.2, -0.15) is 91.3 Å². The Hall–Kier alpha value is -14.4. The molecule has 724 valence electrons. The minimum absolute atomic E-state index is 0.0687. The molecule has 0 bridgehead atoms. The van der Waals surface area contributed by atoms with Gasteiger partial charge in [-0.1, -0.05) is 70.8 Å². The van der Waals surface area contributed by atoms with Crippen molar-refractivity contribution in [3.8, 4) is 0 Å². The van der Waals surface area contributed by atoms with Crippen LogP contribution in [0, 0.1) is 55.4 Å². The lowest BCUT2D eigenvalue weighted by atomic mass is 10.0. The summed E-state index contributed by atoms with van der Waals surface area (Å²) in [5.41, 5.74) is 5.00. The second-order valence-electron chi connectivity index (χ2n) is 33.0. The molecule has 44 heteroatoms. The summed E-state index contributed by atoms with van der Waals surface area (Å²) in [6, 6.07) is 28.1. The van der Waals surface area contributed by atoms with Crippen LogP contribution in [0.1, 0.15) is 205 Å². The van der Waals surface area contributed by atoms with E-state index in [0.29, 0.717) is 178 Å². The van der Waals surface area contributed by atoms with E-state index in [1.807, 2.05) is 21.6 Å². The summed E-state index contributed by atoms with van der Waals surface area (Å²) in [6.45, 7) is 22.8. The van der Waals surface area contributed by atoms with Crippen molar-refractivity contribution in [1.82, 2.24) is 59.5 Å². The molecule has 29 nitrogen and oxygen atoms in total. The Morgan fingerprint density at radius 1 is 0.353 bits per heavy atom. The van der Waals surface area contributed by atoms with Gasteiger partial charge in [0.1, 0.15) is 56.9 Å². The van der Waals surface area contributed by atoms with E-state index in [-0.39, 0.29) is 61.0 Å². The molecule has 2 amide bonds. The number of hydrogen-bond acceptors (Lipinski definition) is 20. The molecule has 5 N–H and O–H groups in total. The summed E-state index contributed by atoms with van der Waals surface area (Å²) < 4.78 is 217. The molecule has 11 aromatic rings. The van der Waals surface area contributed by atoms with Crippen molar-refractivity contribution in [2.75, 3.05) is 79.0 Å². The SMILES string of the molecule is COC(=O)c1c(C(F)(F)F)nn2c1NCC2.COC(=O)c1c(C)nn2c1N(Cc1cc(C)cc(C(F)(F)F)c1)CC2.COC(=O)c1ccc([C@H](C)NC(=O)c2c(C)nn3c2N(Cc2cc(C)cc(C(F)(F)F)c2)CC3)cc1.Cc1cc(CN2CCn3nc(C)c(C(=O)N[C@@H](C)c4ccc(C(=O)O)cc4)c32)cc(C(F)(F)F)c1.Cc1cc(CN2CCn3nc(C)c(C(=O)O)c32)cc(C(F)(F)F)c1. The van der Waals surface area contributed by atoms with E-state index < -0.39 is 100 Å². The Morgan fingerprint density at radius 2 is 0.647 bits per heavy atom. The van der Waals surface area contributed by atoms with E-state index in [0.717, 1.165) is 71.4 Å². The van der Waals surface area contributed by atoms with Gasteiger partial charge in [0, 0.05) is 58.9 Å². The monoisotopic (exact) mass is 1910 g/mol. The minimum Gasteiger partial charge on any atom is -0.478 e. The lowest BCUT2D eigenvalue weighted by molar-refractivity contribution is -0.142. The highest BCUT2D eigenvalue weighted by Crippen LogP contribution is 2.42. The van der Waals surface area contributed by atoms with Crippen LogP contribution < -0.4 is 35.6 Å². The minimum atomic E-state index is -4.66. The number of carboxylic acid groups (broad SMARTS) is 2. The number of nitrogens with one attached hydrogen (secondary N) is 3. The first-order valence-electron chi connectivity index (χ1n) is 42.2. The highest BCUT2D eigenvalue weighted by Gasteiger charge is 2.45. The number of fused-ring (bicyclic) bond motifs is 5. The molecule has 5 aliphatic heterocycles. The average Bonchev–Trinajstić information content (AvgIpc) is 1.62. The first-order chi connectivity index (χ1) is 63.7. The fraction of sp³-hybridized carbons (Fsp3) is 0.370. The second kappa shape index (κ2) is 40.0. The summed E-state index contributed by atoms with van der Waals surface area (Å²) in [5, 5.41) is 47.8. The van der Waals surface area contributed by atoms with Crippen LogP contribution in [-0.2, 0) is 104 Å². The van der Waals surface area contributed by atoms with E-state index >= 15 is 0 Å². The zero-order valence-electron chi connectivity index (χ0n) is 75.5. The van der Waals surface area contributed by atoms with Gasteiger partial charge in [0.2, 0.25) is 0 Å². The summed E-state index contributed by atoms with van der Waals surface area (Å²) in [7, 11) is 3.63. The van der Waals surface area contributed by atoms with Gasteiger partial charge in [-0.15, -0.1) is 0 Å². The zero-order chi connectivity index (χ0) is 99.6. The molecule has 0 unspecified atom stereocenters. The standard InChI is InChI=1S/C26H27F3N4O3.C25H25F3N4O3.C17H18F3N3O2.C16H16F3N3O2.C8H8F3N3O2/c1-15-11-18(13-21(12-15)26(27,28)29)14-32-9-10-33-24(32)22(17(3)31-33)23(34)30-16(2)19-5-7-20(8-6-19)25(35)36-4;1-14-10-17(12-20(11-14)25(26,27)28)13-31-8-9-32-23(31)21(16(3)30-32)22(33)29-15(2)18-4-6-19(7-5-18)24(34)35;1-10-6-12(8-13(7-10)17(18,19)20)9-22-4-5-23-15(22)14(11(2)21-23)16(24)25-3;1-9-5-11(7-12(6-9)16(17,18)19)8-21-3-4-22-14(21)13(15(23)24)10(2)20-22;1-16-7(15)4-5(8(9,10)11)13-14-3-2-12-6(4)14/h5-8,11-13,16H,9-10,14H2,1-4H3,(H,30,34);4-7,10-12,15H,8-9,13H2,1-3H3,(H,29,33)(H,34,35);6-8H,4-5,9H2,1-3H3;5-7H,3-4,8H2,1-2H3,(H,23,24);12H,2-3H2,1H3/t16-;15-;;;/m00.../s1. The predicted molar refractivity (Wildman–Crippen MR) is 465 cm³/mol. The first kappa shape index (κ1) is 101. The highest BCUT2D eigenvalue weighted by molar-refractivity contribution is 6.02. The van der Waals surface area contributed by atoms with Crippen LogP contribution in [0.4, 0.5) is 94.9 Å². The number of aromatic nitrogens is 10. The second-order valence-corrected chi connectivity index (χ2v) is 33.0. The van der Waals surface area contributed by atoms with Crippen LogP contribution in [-0.4, -0.2) is 155 Å². The summed E-state index contributed by atoms with van der Waals surface area (Å²) in [6.07, 6.45) is -22.3. The Morgan fingerprint density at radius 3 is 0.949 bits per heavy atom. The van der Waals surface area contributed by atoms with Crippen molar-refractivity contribution < 1.29 is 124 Å². The average molecular weight is 1910 g/mol. The fourth-order valence-electron chi connectivity index (χ4n) is 16.8. The third-order valence-electron chi connectivity index (χ3n) is 22.7. The van der Waals surface area contributed by atoms with Crippen LogP contribution in [0.5, 0.6) is 0 Å². The molecule has 136 heavy (non-hydrogen) atoms. The molecule has 0 radical (unpaired) electrons. The number of hydrogen-bond donors (Lipinski definition) is 5. The van der Waals surface area contributed by atoms with Gasteiger partial charge in [-0.05, 0) is 175 Å². The van der Waals surface area contributed by atoms with Gasteiger partial charge in [0.25, 0.3) is 11.8 Å². The van der Waals surface area contributed by atoms with Gasteiger partial charge in [-0.3, -0.25) is 9.59 Å². The molecule has 5 aliphatic rings. The summed E-state index contributed by atoms with van der Waals surface area (Å²) in [5.74, 6) is -2.49. The maximum Gasteiger partial charge on any atom is 0.436 e. The van der Waals surface area contributed by atoms with Crippen LogP contribution in [0.15, 0.2) is 121 Å². The number of aromatic carboxylic acids is 2. The fourth-order valence-corrected chi connectivity index (χ4v) is 16.8. The van der Waals surface area contributed by atoms with E-state index in [1.54, 1.807) is 147 Å². The van der Waals surface area contributed by atoms with E-state index in [4.69, 9.17) is 14.6 Å². The first-order valence-corrected chi connectivity index (χ1v) is 42.2. The Balaban J connectivity index is 0.000000156. The number of carbonyl (C=O) groups excluding carboxylic acids is 5. The van der Waals surface area contributed by atoms with E-state index in [9.17, 15) is 105 Å². The van der Waals surface area contributed by atoms with Crippen LogP contribution in [0.25, 0.3) is 0 Å². The smallest absolute Gasteiger partial charge is 0.436 e. The molecule has 16 rings (SSSR count). The topological polar surface area (TPSA) is 326 Å². The van der Waals surface area contributed by atoms with Gasteiger partial charge >= 0.3 is 60.7 Å². The Labute approximate surface area is 767 Å². The van der Waals surface area contributed by atoms with Crippen molar-refractivity contribution in [3.63, 3.8) is 0 Å². The molecule has 0 saturated carbocycles. The maximum absolute atomic E-state index is 13.3. The highest BCUT2D eigenvalue weighted by atomic mass is 19.4. The van der Waals surface area contributed by atoms with E-state index in [2.05, 4.69) is 46.2 Å². The largest absolute Gasteiger partial charge is 0.478 e. The number of nitrogens with zero attached hydrogens (tertiary/aromatic N) is 14. The maximum atomic E-state index is 13.3. The molecule has 5 aromatic heterocycles. The van der Waals surface area contributed by atoms with Crippen molar-refractivity contribution in [2.24, 2.45) is 0 Å². The number of halogens is 15. The molecule has 2 atom stereocenters. The Kier molecular flexibility index (Phi) is 29.6. The van der Waals surface area contributed by atoms with E-state index in [1.165, 1.54) is 26.4 Å². The van der Waals surface area contributed by atoms with Crippen LogP contribution >= 0.6 is 0 Å². The van der Waals surface area contributed by atoms with Crippen molar-refractivity contribution in [1.29, 1.82) is 0 Å². The van der Waals surface area contributed by atoms with Gasteiger partial charge < -0.3 is 60.0 Å². The van der Waals surface area contributed by atoms with Gasteiger partial charge in [-0.25, -0.2) is 47.4 Å². The van der Waals surface area contributed by atoms with Crippen LogP contribution in [0.2, 0.25) is 0 Å². The normalized spacial score (nSPS) is 14.1. The number of carbonyl (C=O) groups is 7. The summed E-state index contributed by atoms with van der Waals surface area (Å²) >= 11 is 0. The molecule has 6 aromatic carbocycles. The number of aryl methyl sites for hydroxylation is 8. The van der Waals surface area contributed by atoms with Gasteiger partial charge in [0.05, 0.1) is 122 Å².